The number of cyclic esters (lactones) is 1. The second-order valence-electron chi connectivity index (χ2n) is 13.3. The normalized spacial score (nSPS) is 38.7. The van der Waals surface area contributed by atoms with Crippen molar-refractivity contribution >= 4 is 23.7 Å². The Morgan fingerprint density at radius 1 is 1.13 bits per heavy atom. The van der Waals surface area contributed by atoms with Gasteiger partial charge in [-0.25, -0.2) is 0 Å². The smallest absolute Gasteiger partial charge is 0.308 e. The van der Waals surface area contributed by atoms with Crippen molar-refractivity contribution in [3.63, 3.8) is 0 Å². The molecule has 1 aromatic rings. The Labute approximate surface area is 229 Å². The van der Waals surface area contributed by atoms with Crippen molar-refractivity contribution in [3.8, 4) is 0 Å². The lowest BCUT2D eigenvalue weighted by Crippen LogP contribution is -2.66. The number of esters is 3. The molecular weight excluding hydrogens is 500 g/mol. The minimum atomic E-state index is -0.888. The molecule has 5 rings (SSSR count). The summed E-state index contributed by atoms with van der Waals surface area (Å²) in [5.74, 6) is -2.83. The van der Waals surface area contributed by atoms with Crippen LogP contribution >= 0.6 is 0 Å². The maximum Gasteiger partial charge on any atom is 0.308 e. The number of methoxy groups -OCH3 is 1. The van der Waals surface area contributed by atoms with Gasteiger partial charge in [-0.05, 0) is 36.7 Å². The Kier molecular flexibility index (Phi) is 6.62. The van der Waals surface area contributed by atoms with E-state index in [9.17, 15) is 19.2 Å². The van der Waals surface area contributed by atoms with Gasteiger partial charge in [0.2, 0.25) is 0 Å². The summed E-state index contributed by atoms with van der Waals surface area (Å²) in [7, 11) is 1.35. The molecule has 0 unspecified atom stereocenters. The molecule has 0 radical (unpaired) electrons. The van der Waals surface area contributed by atoms with Gasteiger partial charge in [0.15, 0.2) is 0 Å². The van der Waals surface area contributed by atoms with Crippen molar-refractivity contribution < 1.29 is 37.8 Å². The molecule has 212 valence electrons. The third-order valence-corrected chi connectivity index (χ3v) is 10.6. The molecule has 0 aromatic carbocycles. The van der Waals surface area contributed by atoms with Crippen molar-refractivity contribution in [1.29, 1.82) is 0 Å². The van der Waals surface area contributed by atoms with Crippen LogP contribution in [0.5, 0.6) is 0 Å². The van der Waals surface area contributed by atoms with Gasteiger partial charge in [0.05, 0.1) is 37.9 Å². The van der Waals surface area contributed by atoms with Gasteiger partial charge in [0.25, 0.3) is 0 Å². The number of fused-ring (bicyclic) bond motifs is 6. The third kappa shape index (κ3) is 4.00. The van der Waals surface area contributed by atoms with Gasteiger partial charge in [0, 0.05) is 28.2 Å². The van der Waals surface area contributed by atoms with E-state index in [1.165, 1.54) is 7.11 Å². The lowest BCUT2D eigenvalue weighted by Gasteiger charge is -2.63. The lowest BCUT2D eigenvalue weighted by molar-refractivity contribution is -0.198. The molecule has 0 N–H and O–H groups in total. The standard InChI is InChI=1S/C31H40O8/c1-16(2)28(35)39-27-19-12-18-20(31(6,25(19)34)22(29(27,3)4)14-23(32)36-7)8-10-30(5)21(18)13-24(33)38-26(30)17-9-11-37-15-17/h9,11-12,15-16,19-22,26-27H,8,10,13-14H2,1-7H3/t19-,20-,21-,22-,26-,27+,30+,31-/m0/s1. The van der Waals surface area contributed by atoms with Crippen LogP contribution < -0.4 is 0 Å². The maximum atomic E-state index is 14.4. The van der Waals surface area contributed by atoms with Crippen LogP contribution in [-0.4, -0.2) is 36.9 Å². The molecule has 0 amide bonds. The Morgan fingerprint density at radius 2 is 1.85 bits per heavy atom. The molecule has 2 bridgehead atoms. The monoisotopic (exact) mass is 540 g/mol. The number of Topliss-reactive ketones (excluding diaryl/α,β-unsaturated/α-hetero) is 1. The minimum Gasteiger partial charge on any atom is -0.472 e. The average molecular weight is 541 g/mol. The van der Waals surface area contributed by atoms with E-state index in [4.69, 9.17) is 18.6 Å². The summed E-state index contributed by atoms with van der Waals surface area (Å²) >= 11 is 0. The molecule has 1 aliphatic heterocycles. The molecule has 1 saturated heterocycles. The lowest BCUT2D eigenvalue weighted by atomic mass is 9.40. The first kappa shape index (κ1) is 27.7. The SMILES string of the molecule is COC(=O)C[C@H]1C(C)(C)[C@H](OC(=O)C(C)C)[C@H]2C=C3[C@@H]4CC(=O)O[C@@H](c5ccoc5)[C@]4(C)CC[C@@H]3[C@]1(C)C2=O. The number of hydrogen-bond acceptors (Lipinski definition) is 8. The second-order valence-corrected chi connectivity index (χ2v) is 13.3. The molecule has 3 aliphatic carbocycles. The van der Waals surface area contributed by atoms with Crippen molar-refractivity contribution in [3.05, 3.63) is 35.8 Å². The van der Waals surface area contributed by atoms with Gasteiger partial charge < -0.3 is 18.6 Å². The van der Waals surface area contributed by atoms with Crippen molar-refractivity contribution in [2.45, 2.75) is 79.4 Å². The molecule has 1 aromatic heterocycles. The summed E-state index contributed by atoms with van der Waals surface area (Å²) in [6, 6.07) is 1.84. The van der Waals surface area contributed by atoms with E-state index in [1.807, 2.05) is 32.9 Å². The molecule has 8 atom stereocenters. The van der Waals surface area contributed by atoms with Gasteiger partial charge in [0.1, 0.15) is 18.0 Å². The van der Waals surface area contributed by atoms with E-state index < -0.39 is 46.3 Å². The molecule has 8 heteroatoms. The molecule has 39 heavy (non-hydrogen) atoms. The van der Waals surface area contributed by atoms with Gasteiger partial charge >= 0.3 is 17.9 Å². The summed E-state index contributed by atoms with van der Waals surface area (Å²) in [6.45, 7) is 11.7. The fourth-order valence-corrected chi connectivity index (χ4v) is 8.42. The highest BCUT2D eigenvalue weighted by Gasteiger charge is 2.69. The zero-order chi connectivity index (χ0) is 28.5. The fraction of sp³-hybridized carbons (Fsp3) is 0.677. The van der Waals surface area contributed by atoms with Crippen LogP contribution in [0, 0.1) is 45.8 Å². The van der Waals surface area contributed by atoms with Crippen molar-refractivity contribution in [2.24, 2.45) is 45.8 Å². The highest BCUT2D eigenvalue weighted by molar-refractivity contribution is 5.93. The number of hydrogen-bond donors (Lipinski definition) is 0. The number of carbonyl (C=O) groups excluding carboxylic acids is 4. The van der Waals surface area contributed by atoms with Crippen LogP contribution in [0.4, 0.5) is 0 Å². The van der Waals surface area contributed by atoms with E-state index in [0.717, 1.165) is 17.6 Å². The quantitative estimate of drug-likeness (QED) is 0.284. The zero-order valence-corrected chi connectivity index (χ0v) is 23.9. The van der Waals surface area contributed by atoms with Crippen LogP contribution in [0.2, 0.25) is 0 Å². The predicted octanol–water partition coefficient (Wildman–Crippen LogP) is 5.22. The second kappa shape index (κ2) is 9.34. The summed E-state index contributed by atoms with van der Waals surface area (Å²) < 4.78 is 22.4. The van der Waals surface area contributed by atoms with Crippen molar-refractivity contribution in [1.82, 2.24) is 0 Å². The summed E-state index contributed by atoms with van der Waals surface area (Å²) in [5, 5.41) is 0. The molecule has 2 saturated carbocycles. The summed E-state index contributed by atoms with van der Waals surface area (Å²) in [5.41, 5.74) is -0.0955. The first-order valence-electron chi connectivity index (χ1n) is 14.0. The Morgan fingerprint density at radius 3 is 2.46 bits per heavy atom. The van der Waals surface area contributed by atoms with Gasteiger partial charge in [-0.1, -0.05) is 53.2 Å². The highest BCUT2D eigenvalue weighted by atomic mass is 16.6. The molecule has 0 spiro atoms. The molecular formula is C31H40O8. The first-order valence-corrected chi connectivity index (χ1v) is 14.0. The molecule has 3 fully saturated rings. The molecule has 8 nitrogen and oxygen atoms in total. The molecule has 4 aliphatic rings. The highest BCUT2D eigenvalue weighted by Crippen LogP contribution is 2.68. The Balaban J connectivity index is 1.66. The largest absolute Gasteiger partial charge is 0.472 e. The van der Waals surface area contributed by atoms with E-state index in [-0.39, 0.29) is 48.3 Å². The number of carbonyl (C=O) groups is 4. The first-order chi connectivity index (χ1) is 18.3. The number of allylic oxidation sites excluding steroid dienone is 1. The van der Waals surface area contributed by atoms with Crippen LogP contribution in [-0.2, 0) is 33.4 Å². The molecule has 2 heterocycles. The Hall–Kier alpha value is -2.90. The van der Waals surface area contributed by atoms with Crippen LogP contribution in [0.1, 0.15) is 78.9 Å². The van der Waals surface area contributed by atoms with Gasteiger partial charge in [-0.15, -0.1) is 0 Å². The predicted molar refractivity (Wildman–Crippen MR) is 140 cm³/mol. The minimum absolute atomic E-state index is 0.000548. The van der Waals surface area contributed by atoms with Crippen LogP contribution in [0.15, 0.2) is 34.7 Å². The van der Waals surface area contributed by atoms with E-state index in [0.29, 0.717) is 6.42 Å². The zero-order valence-electron chi connectivity index (χ0n) is 23.9. The van der Waals surface area contributed by atoms with E-state index >= 15 is 0 Å². The van der Waals surface area contributed by atoms with Gasteiger partial charge in [-0.3, -0.25) is 19.2 Å². The van der Waals surface area contributed by atoms with E-state index in [2.05, 4.69) is 6.92 Å². The van der Waals surface area contributed by atoms with Crippen LogP contribution in [0.25, 0.3) is 0 Å². The Bertz CT molecular complexity index is 1210. The van der Waals surface area contributed by atoms with Crippen LogP contribution in [0.3, 0.4) is 0 Å². The third-order valence-electron chi connectivity index (χ3n) is 10.6. The maximum absolute atomic E-state index is 14.4. The topological polar surface area (TPSA) is 109 Å². The van der Waals surface area contributed by atoms with Gasteiger partial charge in [-0.2, -0.15) is 0 Å². The van der Waals surface area contributed by atoms with Crippen molar-refractivity contribution in [2.75, 3.05) is 7.11 Å². The van der Waals surface area contributed by atoms with E-state index in [1.54, 1.807) is 26.4 Å². The number of rotatable bonds is 5. The summed E-state index contributed by atoms with van der Waals surface area (Å²) in [6.07, 6.45) is 5.72. The fourth-order valence-electron chi connectivity index (χ4n) is 8.42. The average Bonchev–Trinajstić information content (AvgIpc) is 3.41. The number of ketones is 1. The summed E-state index contributed by atoms with van der Waals surface area (Å²) in [4.78, 5) is 53.0. The number of furan rings is 1. The number of ether oxygens (including phenoxy) is 3.